The number of rotatable bonds is 5. The van der Waals surface area contributed by atoms with Crippen molar-refractivity contribution in [1.29, 1.82) is 0 Å². The second-order valence-electron chi connectivity index (χ2n) is 7.92. The molecule has 4 aromatic heterocycles. The number of hydrogen-bond donors (Lipinski definition) is 0. The van der Waals surface area contributed by atoms with Gasteiger partial charge in [-0.25, -0.2) is 19.4 Å². The predicted octanol–water partition coefficient (Wildman–Crippen LogP) is 4.56. The van der Waals surface area contributed by atoms with Gasteiger partial charge in [-0.1, -0.05) is 23.4 Å². The van der Waals surface area contributed by atoms with Gasteiger partial charge in [0.2, 0.25) is 0 Å². The zero-order valence-electron chi connectivity index (χ0n) is 19.2. The Morgan fingerprint density at radius 2 is 1.88 bits per heavy atom. The van der Waals surface area contributed by atoms with E-state index in [9.17, 15) is 4.79 Å². The number of carbonyl (C=O) groups excluding carboxylic acids is 1. The molecular formula is C25H22N6O3. The third-order valence-electron chi connectivity index (χ3n) is 5.75. The first-order chi connectivity index (χ1) is 16.5. The van der Waals surface area contributed by atoms with Crippen LogP contribution in [0.4, 0.5) is 0 Å². The van der Waals surface area contributed by atoms with E-state index in [1.165, 1.54) is 7.11 Å². The molecule has 0 unspecified atom stereocenters. The van der Waals surface area contributed by atoms with E-state index in [4.69, 9.17) is 24.3 Å². The van der Waals surface area contributed by atoms with Crippen LogP contribution < -0.4 is 0 Å². The number of nitrogens with zero attached hydrogens (tertiary/aromatic N) is 6. The van der Waals surface area contributed by atoms with Crippen molar-refractivity contribution in [3.63, 3.8) is 0 Å². The van der Waals surface area contributed by atoms with Crippen molar-refractivity contribution in [2.75, 3.05) is 7.11 Å². The maximum Gasteiger partial charge on any atom is 0.337 e. The highest BCUT2D eigenvalue weighted by molar-refractivity contribution is 5.92. The summed E-state index contributed by atoms with van der Waals surface area (Å²) in [7, 11) is 1.36. The van der Waals surface area contributed by atoms with Crippen molar-refractivity contribution in [3.8, 4) is 22.5 Å². The van der Waals surface area contributed by atoms with E-state index in [-0.39, 0.29) is 6.04 Å². The number of ether oxygens (including phenoxy) is 1. The van der Waals surface area contributed by atoms with Gasteiger partial charge in [-0.2, -0.15) is 5.10 Å². The molecule has 0 fully saturated rings. The molecule has 0 saturated heterocycles. The van der Waals surface area contributed by atoms with Crippen LogP contribution in [0.15, 0.2) is 59.4 Å². The van der Waals surface area contributed by atoms with Crippen LogP contribution in [0.1, 0.15) is 40.5 Å². The Hall–Kier alpha value is -4.40. The summed E-state index contributed by atoms with van der Waals surface area (Å²) in [5, 5.41) is 8.94. The van der Waals surface area contributed by atoms with E-state index in [0.29, 0.717) is 33.9 Å². The molecular weight excluding hydrogens is 432 g/mol. The number of benzene rings is 1. The highest BCUT2D eigenvalue weighted by atomic mass is 16.5. The Labute approximate surface area is 195 Å². The number of carbonyl (C=O) groups is 1. The van der Waals surface area contributed by atoms with Gasteiger partial charge in [0.15, 0.2) is 5.65 Å². The smallest absolute Gasteiger partial charge is 0.337 e. The van der Waals surface area contributed by atoms with Gasteiger partial charge in [0.1, 0.15) is 17.0 Å². The average Bonchev–Trinajstić information content (AvgIpc) is 3.42. The summed E-state index contributed by atoms with van der Waals surface area (Å²) in [4.78, 5) is 26.0. The molecule has 0 aliphatic carbocycles. The number of aryl methyl sites for hydroxylation is 2. The minimum atomic E-state index is -0.394. The third kappa shape index (κ3) is 3.61. The van der Waals surface area contributed by atoms with E-state index in [1.807, 2.05) is 55.8 Å². The summed E-state index contributed by atoms with van der Waals surface area (Å²) in [5.41, 5.74) is 6.26. The van der Waals surface area contributed by atoms with E-state index in [1.54, 1.807) is 24.5 Å². The normalized spacial score (nSPS) is 12.1. The molecule has 9 nitrogen and oxygen atoms in total. The Kier molecular flexibility index (Phi) is 5.37. The van der Waals surface area contributed by atoms with Crippen molar-refractivity contribution >= 4 is 17.1 Å². The largest absolute Gasteiger partial charge is 0.465 e. The number of fused-ring (bicyclic) bond motifs is 1. The van der Waals surface area contributed by atoms with Crippen LogP contribution >= 0.6 is 0 Å². The molecule has 0 radical (unpaired) electrons. The summed E-state index contributed by atoms with van der Waals surface area (Å²) in [6.07, 6.45) is 3.46. The fraction of sp³-hybridized carbons (Fsp3) is 0.200. The Bertz CT molecular complexity index is 1470. The van der Waals surface area contributed by atoms with E-state index >= 15 is 0 Å². The lowest BCUT2D eigenvalue weighted by Gasteiger charge is -2.12. The molecule has 0 bridgehead atoms. The van der Waals surface area contributed by atoms with Crippen LogP contribution in [0.2, 0.25) is 0 Å². The van der Waals surface area contributed by atoms with Crippen molar-refractivity contribution in [2.24, 2.45) is 0 Å². The summed E-state index contributed by atoms with van der Waals surface area (Å²) in [6, 6.07) is 12.6. The van der Waals surface area contributed by atoms with Gasteiger partial charge in [0, 0.05) is 11.8 Å². The third-order valence-corrected chi connectivity index (χ3v) is 5.75. The van der Waals surface area contributed by atoms with Crippen molar-refractivity contribution in [2.45, 2.75) is 26.8 Å². The predicted molar refractivity (Wildman–Crippen MR) is 125 cm³/mol. The molecule has 34 heavy (non-hydrogen) atoms. The van der Waals surface area contributed by atoms with Gasteiger partial charge in [0.05, 0.1) is 47.6 Å². The summed E-state index contributed by atoms with van der Waals surface area (Å²) < 4.78 is 12.0. The molecule has 4 heterocycles. The summed E-state index contributed by atoms with van der Waals surface area (Å²) >= 11 is 0. The monoisotopic (exact) mass is 454 g/mol. The maximum atomic E-state index is 11.8. The molecule has 1 atom stereocenters. The minimum Gasteiger partial charge on any atom is -0.465 e. The van der Waals surface area contributed by atoms with E-state index in [2.05, 4.69) is 10.1 Å². The first-order valence-corrected chi connectivity index (χ1v) is 10.8. The van der Waals surface area contributed by atoms with Crippen molar-refractivity contribution in [1.82, 2.24) is 29.9 Å². The lowest BCUT2D eigenvalue weighted by atomic mass is 10.1. The minimum absolute atomic E-state index is 0.194. The highest BCUT2D eigenvalue weighted by Gasteiger charge is 2.23. The van der Waals surface area contributed by atoms with Gasteiger partial charge >= 0.3 is 5.97 Å². The van der Waals surface area contributed by atoms with Crippen molar-refractivity contribution in [3.05, 3.63) is 77.6 Å². The fourth-order valence-electron chi connectivity index (χ4n) is 3.97. The molecule has 0 aliphatic heterocycles. The van der Waals surface area contributed by atoms with Crippen molar-refractivity contribution < 1.29 is 14.1 Å². The summed E-state index contributed by atoms with van der Waals surface area (Å²) in [5.74, 6) is 0.281. The Morgan fingerprint density at radius 3 is 2.53 bits per heavy atom. The topological polar surface area (TPSA) is 109 Å². The van der Waals surface area contributed by atoms with E-state index in [0.717, 1.165) is 22.5 Å². The molecule has 170 valence electrons. The van der Waals surface area contributed by atoms with Gasteiger partial charge in [-0.15, -0.1) is 0 Å². The Morgan fingerprint density at radius 1 is 1.09 bits per heavy atom. The first-order valence-electron chi connectivity index (χ1n) is 10.8. The molecule has 5 aromatic rings. The number of esters is 1. The van der Waals surface area contributed by atoms with Crippen LogP contribution in [0, 0.1) is 13.8 Å². The first kappa shape index (κ1) is 21.4. The molecule has 0 spiro atoms. The zero-order valence-corrected chi connectivity index (χ0v) is 19.2. The van der Waals surface area contributed by atoms with Crippen LogP contribution in [0.3, 0.4) is 0 Å². The standard InChI is InChI=1S/C25H22N6O3/c1-14-21(16(3)34-30-14)20-13-27-23-22(17-8-10-18(11-9-17)25(32)33-4)29-31(24(23)28-20)15(2)19-7-5-6-12-26-19/h5-13,15H,1-4H3/t15-/m0/s1. The maximum absolute atomic E-state index is 11.8. The number of methoxy groups -OCH3 is 1. The molecule has 0 amide bonds. The second-order valence-corrected chi connectivity index (χ2v) is 7.92. The quantitative estimate of drug-likeness (QED) is 0.356. The molecule has 0 saturated carbocycles. The molecule has 0 N–H and O–H groups in total. The van der Waals surface area contributed by atoms with Gasteiger partial charge in [-0.05, 0) is 45.0 Å². The summed E-state index contributed by atoms with van der Waals surface area (Å²) in [6.45, 7) is 5.74. The lowest BCUT2D eigenvalue weighted by Crippen LogP contribution is -2.11. The van der Waals surface area contributed by atoms with Crippen LogP contribution in [0.5, 0.6) is 0 Å². The molecule has 0 aliphatic rings. The van der Waals surface area contributed by atoms with Gasteiger partial charge in [-0.3, -0.25) is 4.98 Å². The molecule has 5 rings (SSSR count). The SMILES string of the molecule is COC(=O)c1ccc(-c2nn([C@@H](C)c3ccccn3)c3nc(-c4c(C)noc4C)cnc23)cc1. The van der Waals surface area contributed by atoms with Gasteiger partial charge < -0.3 is 9.26 Å². The van der Waals surface area contributed by atoms with Crippen LogP contribution in [-0.4, -0.2) is 43.0 Å². The fourth-order valence-corrected chi connectivity index (χ4v) is 3.97. The second kappa shape index (κ2) is 8.51. The Balaban J connectivity index is 1.70. The lowest BCUT2D eigenvalue weighted by molar-refractivity contribution is 0.0600. The van der Waals surface area contributed by atoms with E-state index < -0.39 is 5.97 Å². The molecule has 1 aromatic carbocycles. The molecule has 9 heteroatoms. The van der Waals surface area contributed by atoms with Gasteiger partial charge in [0.25, 0.3) is 0 Å². The van der Waals surface area contributed by atoms with Crippen LogP contribution in [0.25, 0.3) is 33.7 Å². The highest BCUT2D eigenvalue weighted by Crippen LogP contribution is 2.32. The van der Waals surface area contributed by atoms with Crippen LogP contribution in [-0.2, 0) is 4.74 Å². The number of hydrogen-bond acceptors (Lipinski definition) is 8. The number of aromatic nitrogens is 6. The number of pyridine rings is 1. The average molecular weight is 454 g/mol. The zero-order chi connectivity index (χ0) is 23.8.